The number of aromatic nitrogens is 2. The van der Waals surface area contributed by atoms with E-state index >= 15 is 0 Å². The minimum Gasteiger partial charge on any atom is -0.329 e. The number of fused-ring (bicyclic) bond motifs is 2. The summed E-state index contributed by atoms with van der Waals surface area (Å²) < 4.78 is 2.05. The van der Waals surface area contributed by atoms with Crippen molar-refractivity contribution in [2.75, 3.05) is 0 Å². The molecule has 1 aromatic heterocycles. The van der Waals surface area contributed by atoms with Crippen LogP contribution in [0.2, 0.25) is 0 Å². The molecule has 0 unspecified atom stereocenters. The molecule has 0 amide bonds. The first-order chi connectivity index (χ1) is 7.38. The fourth-order valence-electron chi connectivity index (χ4n) is 2.10. The van der Waals surface area contributed by atoms with Crippen LogP contribution in [0.5, 0.6) is 0 Å². The Hall–Kier alpha value is -1.90. The van der Waals surface area contributed by atoms with Crippen LogP contribution in [0.15, 0.2) is 30.6 Å². The third-order valence-electron chi connectivity index (χ3n) is 2.91. The Morgan fingerprint density at radius 3 is 2.87 bits per heavy atom. The van der Waals surface area contributed by atoms with E-state index in [1.54, 1.807) is 6.33 Å². The van der Waals surface area contributed by atoms with Crippen molar-refractivity contribution in [3.8, 4) is 0 Å². The number of imidazole rings is 1. The standard InChI is InChI=1S/C12H10N2O/c15-7-11-12-5-9-3-1-2-4-10(9)6-14(12)8-13-11/h1-4,7-8H,5-6H2. The van der Waals surface area contributed by atoms with Gasteiger partial charge in [0, 0.05) is 13.0 Å². The van der Waals surface area contributed by atoms with Crippen molar-refractivity contribution in [1.82, 2.24) is 9.55 Å². The molecular formula is C12H10N2O. The van der Waals surface area contributed by atoms with E-state index in [1.165, 1.54) is 11.1 Å². The van der Waals surface area contributed by atoms with Gasteiger partial charge in [-0.15, -0.1) is 0 Å². The predicted octanol–water partition coefficient (Wildman–Crippen LogP) is 1.65. The predicted molar refractivity (Wildman–Crippen MR) is 56.0 cm³/mol. The van der Waals surface area contributed by atoms with Gasteiger partial charge in [-0.3, -0.25) is 4.79 Å². The van der Waals surface area contributed by atoms with Crippen molar-refractivity contribution < 1.29 is 4.79 Å². The van der Waals surface area contributed by atoms with Crippen LogP contribution in [0.25, 0.3) is 0 Å². The molecule has 1 aliphatic rings. The van der Waals surface area contributed by atoms with Crippen molar-refractivity contribution in [1.29, 1.82) is 0 Å². The molecule has 0 fully saturated rings. The summed E-state index contributed by atoms with van der Waals surface area (Å²) in [4.78, 5) is 14.9. The molecule has 3 rings (SSSR count). The summed E-state index contributed by atoms with van der Waals surface area (Å²) in [5, 5.41) is 0. The monoisotopic (exact) mass is 198 g/mol. The third kappa shape index (κ3) is 1.20. The fourth-order valence-corrected chi connectivity index (χ4v) is 2.10. The van der Waals surface area contributed by atoms with Crippen LogP contribution < -0.4 is 0 Å². The van der Waals surface area contributed by atoms with E-state index in [1.807, 2.05) is 16.7 Å². The highest BCUT2D eigenvalue weighted by Crippen LogP contribution is 2.23. The van der Waals surface area contributed by atoms with E-state index in [0.717, 1.165) is 24.9 Å². The summed E-state index contributed by atoms with van der Waals surface area (Å²) in [7, 11) is 0. The molecule has 0 N–H and O–H groups in total. The Bertz CT molecular complexity index is 528. The van der Waals surface area contributed by atoms with Crippen LogP contribution in [-0.4, -0.2) is 15.8 Å². The molecule has 2 aromatic rings. The molecular weight excluding hydrogens is 188 g/mol. The van der Waals surface area contributed by atoms with Crippen LogP contribution in [-0.2, 0) is 13.0 Å². The van der Waals surface area contributed by atoms with E-state index in [2.05, 4.69) is 17.1 Å². The molecule has 2 heterocycles. The van der Waals surface area contributed by atoms with Gasteiger partial charge in [-0.1, -0.05) is 24.3 Å². The average Bonchev–Trinajstić information content (AvgIpc) is 2.68. The van der Waals surface area contributed by atoms with Crippen LogP contribution in [0.1, 0.15) is 27.3 Å². The average molecular weight is 198 g/mol. The van der Waals surface area contributed by atoms with Gasteiger partial charge < -0.3 is 4.57 Å². The summed E-state index contributed by atoms with van der Waals surface area (Å²) in [6, 6.07) is 8.31. The number of hydrogen-bond donors (Lipinski definition) is 0. The third-order valence-corrected chi connectivity index (χ3v) is 2.91. The van der Waals surface area contributed by atoms with Gasteiger partial charge in [-0.25, -0.2) is 4.98 Å². The van der Waals surface area contributed by atoms with E-state index in [4.69, 9.17) is 0 Å². The molecule has 0 radical (unpaired) electrons. The smallest absolute Gasteiger partial charge is 0.170 e. The second-order valence-electron chi connectivity index (χ2n) is 3.77. The lowest BCUT2D eigenvalue weighted by Crippen LogP contribution is -2.13. The van der Waals surface area contributed by atoms with Crippen molar-refractivity contribution in [2.45, 2.75) is 13.0 Å². The van der Waals surface area contributed by atoms with Gasteiger partial charge in [-0.05, 0) is 11.1 Å². The second kappa shape index (κ2) is 3.05. The molecule has 1 aliphatic heterocycles. The number of aldehydes is 1. The molecule has 0 spiro atoms. The number of rotatable bonds is 1. The molecule has 3 nitrogen and oxygen atoms in total. The zero-order valence-electron chi connectivity index (χ0n) is 8.18. The largest absolute Gasteiger partial charge is 0.329 e. The molecule has 15 heavy (non-hydrogen) atoms. The highest BCUT2D eigenvalue weighted by atomic mass is 16.1. The normalized spacial score (nSPS) is 13.1. The van der Waals surface area contributed by atoms with E-state index < -0.39 is 0 Å². The Balaban J connectivity index is 2.12. The molecule has 0 atom stereocenters. The Kier molecular flexibility index (Phi) is 1.71. The fraction of sp³-hybridized carbons (Fsp3) is 0.167. The minimum atomic E-state index is 0.574. The van der Waals surface area contributed by atoms with Gasteiger partial charge in [0.2, 0.25) is 0 Å². The van der Waals surface area contributed by atoms with Crippen molar-refractivity contribution in [3.05, 3.63) is 53.1 Å². The number of carbonyl (C=O) groups excluding carboxylic acids is 1. The Morgan fingerprint density at radius 2 is 2.07 bits per heavy atom. The van der Waals surface area contributed by atoms with Crippen molar-refractivity contribution >= 4 is 6.29 Å². The van der Waals surface area contributed by atoms with E-state index in [9.17, 15) is 4.79 Å². The topological polar surface area (TPSA) is 34.9 Å². The molecule has 1 aromatic carbocycles. The van der Waals surface area contributed by atoms with Crippen molar-refractivity contribution in [2.24, 2.45) is 0 Å². The molecule has 0 aliphatic carbocycles. The second-order valence-corrected chi connectivity index (χ2v) is 3.77. The summed E-state index contributed by atoms with van der Waals surface area (Å²) in [5.41, 5.74) is 4.22. The van der Waals surface area contributed by atoms with E-state index in [-0.39, 0.29) is 0 Å². The Morgan fingerprint density at radius 1 is 1.27 bits per heavy atom. The summed E-state index contributed by atoms with van der Waals surface area (Å²) in [6.45, 7) is 0.826. The maximum absolute atomic E-state index is 10.8. The first kappa shape index (κ1) is 8.41. The van der Waals surface area contributed by atoms with E-state index in [0.29, 0.717) is 5.69 Å². The zero-order valence-corrected chi connectivity index (χ0v) is 8.18. The first-order valence-electron chi connectivity index (χ1n) is 4.94. The Labute approximate surface area is 87.4 Å². The maximum Gasteiger partial charge on any atom is 0.170 e. The number of nitrogens with zero attached hydrogens (tertiary/aromatic N) is 2. The summed E-state index contributed by atoms with van der Waals surface area (Å²) in [6.07, 6.45) is 3.39. The highest BCUT2D eigenvalue weighted by Gasteiger charge is 2.17. The van der Waals surface area contributed by atoms with Crippen LogP contribution in [0, 0.1) is 0 Å². The number of carbonyl (C=O) groups is 1. The SMILES string of the molecule is O=Cc1ncn2c1Cc1ccccc1C2. The van der Waals surface area contributed by atoms with Gasteiger partial charge in [0.15, 0.2) is 6.29 Å². The van der Waals surface area contributed by atoms with Gasteiger partial charge in [0.25, 0.3) is 0 Å². The quantitative estimate of drug-likeness (QED) is 0.557. The van der Waals surface area contributed by atoms with Gasteiger partial charge in [0.05, 0.1) is 12.0 Å². The summed E-state index contributed by atoms with van der Waals surface area (Å²) in [5.74, 6) is 0. The van der Waals surface area contributed by atoms with Crippen LogP contribution >= 0.6 is 0 Å². The van der Waals surface area contributed by atoms with Gasteiger partial charge in [-0.2, -0.15) is 0 Å². The summed E-state index contributed by atoms with van der Waals surface area (Å²) >= 11 is 0. The number of benzene rings is 1. The molecule has 0 saturated heterocycles. The van der Waals surface area contributed by atoms with Crippen molar-refractivity contribution in [3.63, 3.8) is 0 Å². The molecule has 3 heteroatoms. The van der Waals surface area contributed by atoms with Gasteiger partial charge in [0.1, 0.15) is 5.69 Å². The van der Waals surface area contributed by atoms with Crippen LogP contribution in [0.4, 0.5) is 0 Å². The molecule has 74 valence electrons. The maximum atomic E-state index is 10.8. The van der Waals surface area contributed by atoms with Crippen LogP contribution in [0.3, 0.4) is 0 Å². The lowest BCUT2D eigenvalue weighted by molar-refractivity contribution is 0.111. The highest BCUT2D eigenvalue weighted by molar-refractivity contribution is 5.74. The first-order valence-corrected chi connectivity index (χ1v) is 4.94. The lowest BCUT2D eigenvalue weighted by atomic mass is 9.99. The molecule has 0 saturated carbocycles. The zero-order chi connectivity index (χ0) is 10.3. The minimum absolute atomic E-state index is 0.574. The molecule has 0 bridgehead atoms. The van der Waals surface area contributed by atoms with Gasteiger partial charge >= 0.3 is 0 Å². The number of hydrogen-bond acceptors (Lipinski definition) is 2. The lowest BCUT2D eigenvalue weighted by Gasteiger charge is -2.18.